The molecule has 0 radical (unpaired) electrons. The fourth-order valence-electron chi connectivity index (χ4n) is 2.10. The molecule has 0 bridgehead atoms. The Hall–Kier alpha value is -2.71. The number of hydrogen-bond donors (Lipinski definition) is 2. The van der Waals surface area contributed by atoms with Crippen molar-refractivity contribution in [3.8, 4) is 10.6 Å². The molecule has 6 nitrogen and oxygen atoms in total. The standard InChI is InChI=1S/C17H14N2O4S2/c1-11-2-4-12(5-3-11)16-18-15(10-24-16)25(22,23)19-14-8-6-13(7-9-14)17(20)21/h2-10,19H,1H3,(H,20,21). The fraction of sp³-hybridized carbons (Fsp3) is 0.0588. The molecule has 2 aromatic carbocycles. The Labute approximate surface area is 148 Å². The summed E-state index contributed by atoms with van der Waals surface area (Å²) < 4.78 is 27.3. The van der Waals surface area contributed by atoms with Gasteiger partial charge in [-0.15, -0.1) is 11.3 Å². The van der Waals surface area contributed by atoms with Crippen LogP contribution in [0.3, 0.4) is 0 Å². The summed E-state index contributed by atoms with van der Waals surface area (Å²) in [6.45, 7) is 1.97. The highest BCUT2D eigenvalue weighted by Gasteiger charge is 2.19. The maximum absolute atomic E-state index is 12.4. The molecule has 1 heterocycles. The van der Waals surface area contributed by atoms with Gasteiger partial charge in [0.15, 0.2) is 5.03 Å². The molecular formula is C17H14N2O4S2. The van der Waals surface area contributed by atoms with E-state index in [1.165, 1.54) is 41.0 Å². The normalized spacial score (nSPS) is 11.2. The van der Waals surface area contributed by atoms with Crippen LogP contribution in [0.2, 0.25) is 0 Å². The number of aryl methyl sites for hydroxylation is 1. The van der Waals surface area contributed by atoms with Crippen LogP contribution in [-0.4, -0.2) is 24.5 Å². The van der Waals surface area contributed by atoms with Gasteiger partial charge in [0, 0.05) is 16.6 Å². The Morgan fingerprint density at radius 1 is 1.08 bits per heavy atom. The first-order valence-electron chi connectivity index (χ1n) is 7.24. The third-order valence-corrected chi connectivity index (χ3v) is 5.75. The van der Waals surface area contributed by atoms with E-state index in [0.717, 1.165) is 11.1 Å². The number of carbonyl (C=O) groups is 1. The van der Waals surface area contributed by atoms with Crippen LogP contribution in [0.5, 0.6) is 0 Å². The number of benzene rings is 2. The maximum atomic E-state index is 12.4. The number of thiazole rings is 1. The average Bonchev–Trinajstić information content (AvgIpc) is 3.06. The van der Waals surface area contributed by atoms with Gasteiger partial charge in [0.1, 0.15) is 5.01 Å². The molecule has 0 aliphatic carbocycles. The Kier molecular flexibility index (Phi) is 4.56. The van der Waals surface area contributed by atoms with E-state index in [1.54, 1.807) is 0 Å². The maximum Gasteiger partial charge on any atom is 0.335 e. The summed E-state index contributed by atoms with van der Waals surface area (Å²) >= 11 is 1.24. The largest absolute Gasteiger partial charge is 0.478 e. The number of nitrogens with one attached hydrogen (secondary N) is 1. The molecule has 0 unspecified atom stereocenters. The molecule has 0 aliphatic heterocycles. The van der Waals surface area contributed by atoms with Crippen LogP contribution in [-0.2, 0) is 10.0 Å². The van der Waals surface area contributed by atoms with Gasteiger partial charge >= 0.3 is 5.97 Å². The van der Waals surface area contributed by atoms with Crippen LogP contribution in [0.25, 0.3) is 10.6 Å². The third kappa shape index (κ3) is 3.86. The van der Waals surface area contributed by atoms with Gasteiger partial charge in [-0.05, 0) is 31.2 Å². The molecule has 0 aliphatic rings. The van der Waals surface area contributed by atoms with E-state index in [2.05, 4.69) is 9.71 Å². The van der Waals surface area contributed by atoms with Crippen molar-refractivity contribution >= 4 is 33.0 Å². The highest BCUT2D eigenvalue weighted by molar-refractivity contribution is 7.92. The Morgan fingerprint density at radius 2 is 1.72 bits per heavy atom. The number of aromatic carboxylic acids is 1. The van der Waals surface area contributed by atoms with Crippen LogP contribution in [0.1, 0.15) is 15.9 Å². The van der Waals surface area contributed by atoms with Crippen LogP contribution in [0.15, 0.2) is 58.9 Å². The Morgan fingerprint density at radius 3 is 2.32 bits per heavy atom. The van der Waals surface area contributed by atoms with Crippen LogP contribution in [0.4, 0.5) is 5.69 Å². The number of carboxylic acid groups (broad SMARTS) is 1. The number of anilines is 1. The van der Waals surface area contributed by atoms with Crippen molar-refractivity contribution in [1.29, 1.82) is 0 Å². The molecule has 0 saturated carbocycles. The van der Waals surface area contributed by atoms with E-state index in [4.69, 9.17) is 5.11 Å². The molecule has 0 atom stereocenters. The lowest BCUT2D eigenvalue weighted by molar-refractivity contribution is 0.0697. The molecular weight excluding hydrogens is 360 g/mol. The second-order valence-corrected chi connectivity index (χ2v) is 7.83. The number of aromatic nitrogens is 1. The Balaban J connectivity index is 1.83. The quantitative estimate of drug-likeness (QED) is 0.711. The van der Waals surface area contributed by atoms with E-state index in [1.807, 2.05) is 31.2 Å². The Bertz CT molecular complexity index is 1010. The first kappa shape index (κ1) is 17.1. The van der Waals surface area contributed by atoms with Gasteiger partial charge in [0.2, 0.25) is 0 Å². The number of hydrogen-bond acceptors (Lipinski definition) is 5. The summed E-state index contributed by atoms with van der Waals surface area (Å²) in [6, 6.07) is 13.1. The van der Waals surface area contributed by atoms with Gasteiger partial charge in [-0.1, -0.05) is 29.8 Å². The van der Waals surface area contributed by atoms with E-state index in [0.29, 0.717) is 5.01 Å². The average molecular weight is 374 g/mol. The molecule has 0 spiro atoms. The van der Waals surface area contributed by atoms with Gasteiger partial charge in [-0.3, -0.25) is 4.72 Å². The molecule has 0 saturated heterocycles. The van der Waals surface area contributed by atoms with Gasteiger partial charge in [0.05, 0.1) is 5.56 Å². The molecule has 2 N–H and O–H groups in total. The lowest BCUT2D eigenvalue weighted by Gasteiger charge is -2.06. The molecule has 3 rings (SSSR count). The van der Waals surface area contributed by atoms with Crippen molar-refractivity contribution < 1.29 is 18.3 Å². The minimum atomic E-state index is -3.84. The number of rotatable bonds is 5. The van der Waals surface area contributed by atoms with Crippen molar-refractivity contribution in [3.63, 3.8) is 0 Å². The first-order chi connectivity index (χ1) is 11.8. The molecule has 1 aromatic heterocycles. The molecule has 3 aromatic rings. The minimum absolute atomic E-state index is 0.0737. The predicted octanol–water partition coefficient (Wildman–Crippen LogP) is 3.62. The van der Waals surface area contributed by atoms with Crippen molar-refractivity contribution in [3.05, 3.63) is 65.0 Å². The predicted molar refractivity (Wildman–Crippen MR) is 96.5 cm³/mol. The number of carboxylic acids is 1. The van der Waals surface area contributed by atoms with Gasteiger partial charge < -0.3 is 5.11 Å². The summed E-state index contributed by atoms with van der Waals surface area (Å²) in [5, 5.41) is 10.9. The van der Waals surface area contributed by atoms with E-state index >= 15 is 0 Å². The van der Waals surface area contributed by atoms with Crippen molar-refractivity contribution in [2.75, 3.05) is 4.72 Å². The zero-order valence-electron chi connectivity index (χ0n) is 13.1. The van der Waals surface area contributed by atoms with Gasteiger partial charge in [-0.2, -0.15) is 8.42 Å². The summed E-state index contributed by atoms with van der Waals surface area (Å²) in [5.74, 6) is -1.07. The lowest BCUT2D eigenvalue weighted by atomic mass is 10.2. The van der Waals surface area contributed by atoms with Crippen LogP contribution in [0, 0.1) is 6.92 Å². The van der Waals surface area contributed by atoms with Crippen molar-refractivity contribution in [2.45, 2.75) is 11.9 Å². The third-order valence-electron chi connectivity index (χ3n) is 3.44. The summed E-state index contributed by atoms with van der Waals surface area (Å²) in [7, 11) is -3.84. The smallest absolute Gasteiger partial charge is 0.335 e. The molecule has 25 heavy (non-hydrogen) atoms. The minimum Gasteiger partial charge on any atom is -0.478 e. The zero-order chi connectivity index (χ0) is 18.0. The highest BCUT2D eigenvalue weighted by atomic mass is 32.2. The summed E-state index contributed by atoms with van der Waals surface area (Å²) in [6.07, 6.45) is 0. The van der Waals surface area contributed by atoms with Gasteiger partial charge in [0.25, 0.3) is 10.0 Å². The second-order valence-electron chi connectivity index (χ2n) is 5.34. The van der Waals surface area contributed by atoms with Crippen LogP contribution < -0.4 is 4.72 Å². The van der Waals surface area contributed by atoms with Crippen molar-refractivity contribution in [2.24, 2.45) is 0 Å². The summed E-state index contributed by atoms with van der Waals surface area (Å²) in [4.78, 5) is 15.0. The zero-order valence-corrected chi connectivity index (χ0v) is 14.8. The van der Waals surface area contributed by atoms with Crippen LogP contribution >= 0.6 is 11.3 Å². The second kappa shape index (κ2) is 6.66. The summed E-state index contributed by atoms with van der Waals surface area (Å²) in [5.41, 5.74) is 2.32. The van der Waals surface area contributed by atoms with Gasteiger partial charge in [-0.25, -0.2) is 9.78 Å². The first-order valence-corrected chi connectivity index (χ1v) is 9.60. The van der Waals surface area contributed by atoms with E-state index in [-0.39, 0.29) is 16.3 Å². The monoisotopic (exact) mass is 374 g/mol. The molecule has 0 amide bonds. The highest BCUT2D eigenvalue weighted by Crippen LogP contribution is 2.27. The number of nitrogens with zero attached hydrogens (tertiary/aromatic N) is 1. The lowest BCUT2D eigenvalue weighted by Crippen LogP contribution is -2.13. The molecule has 128 valence electrons. The van der Waals surface area contributed by atoms with Crippen molar-refractivity contribution in [1.82, 2.24) is 4.98 Å². The van der Waals surface area contributed by atoms with E-state index in [9.17, 15) is 13.2 Å². The van der Waals surface area contributed by atoms with E-state index < -0.39 is 16.0 Å². The molecule has 8 heteroatoms. The molecule has 0 fully saturated rings. The SMILES string of the molecule is Cc1ccc(-c2nc(S(=O)(=O)Nc3ccc(C(=O)O)cc3)cs2)cc1. The number of sulfonamides is 1. The fourth-order valence-corrected chi connectivity index (χ4v) is 4.26. The topological polar surface area (TPSA) is 96.4 Å².